The van der Waals surface area contributed by atoms with Crippen LogP contribution in [0.15, 0.2) is 18.2 Å². The van der Waals surface area contributed by atoms with Gasteiger partial charge in [-0.3, -0.25) is 0 Å². The average molecular weight is 288 g/mol. The molecule has 3 heteroatoms. The molecule has 2 aliphatic rings. The van der Waals surface area contributed by atoms with Gasteiger partial charge in [0.15, 0.2) is 0 Å². The van der Waals surface area contributed by atoms with Gasteiger partial charge in [-0.25, -0.2) is 0 Å². The minimum atomic E-state index is 0.326. The smallest absolute Gasteiger partial charge is 0.0474 e. The maximum absolute atomic E-state index is 9.50. The minimum absolute atomic E-state index is 0.326. The van der Waals surface area contributed by atoms with Crippen LogP contribution in [0.3, 0.4) is 0 Å². The Bertz CT molecular complexity index is 474. The van der Waals surface area contributed by atoms with Crippen molar-refractivity contribution in [2.45, 2.75) is 51.1 Å². The van der Waals surface area contributed by atoms with E-state index in [1.54, 1.807) is 0 Å². The van der Waals surface area contributed by atoms with Crippen LogP contribution in [0.5, 0.6) is 0 Å². The molecule has 0 saturated heterocycles. The van der Waals surface area contributed by atoms with E-state index in [2.05, 4.69) is 35.5 Å². The van der Waals surface area contributed by atoms with Gasteiger partial charge in [-0.05, 0) is 48.8 Å². The van der Waals surface area contributed by atoms with E-state index >= 15 is 0 Å². The molecule has 0 aromatic heterocycles. The molecule has 0 amide bonds. The fraction of sp³-hybridized carbons (Fsp3) is 0.667. The Hall–Kier alpha value is -1.06. The monoisotopic (exact) mass is 288 g/mol. The molecule has 116 valence electrons. The second-order valence-corrected chi connectivity index (χ2v) is 6.70. The first-order valence-corrected chi connectivity index (χ1v) is 8.45. The minimum Gasteiger partial charge on any atom is -0.396 e. The molecule has 1 heterocycles. The highest BCUT2D eigenvalue weighted by molar-refractivity contribution is 5.56. The number of benzene rings is 1. The molecule has 1 aliphatic heterocycles. The molecule has 1 aromatic carbocycles. The number of nitrogens with zero attached hydrogens (tertiary/aromatic N) is 1. The number of hydrogen-bond donors (Lipinski definition) is 2. The highest BCUT2D eigenvalue weighted by Crippen LogP contribution is 2.28. The first-order chi connectivity index (χ1) is 10.3. The molecule has 3 nitrogen and oxygen atoms in total. The van der Waals surface area contributed by atoms with Crippen molar-refractivity contribution in [3.63, 3.8) is 0 Å². The van der Waals surface area contributed by atoms with Crippen LogP contribution in [0.4, 0.5) is 5.69 Å². The zero-order valence-electron chi connectivity index (χ0n) is 13.1. The summed E-state index contributed by atoms with van der Waals surface area (Å²) in [7, 11) is 2.18. The zero-order valence-corrected chi connectivity index (χ0v) is 13.1. The van der Waals surface area contributed by atoms with Crippen molar-refractivity contribution in [2.24, 2.45) is 5.92 Å². The van der Waals surface area contributed by atoms with Crippen molar-refractivity contribution in [3.8, 4) is 0 Å². The third-order valence-electron chi connectivity index (χ3n) is 5.21. The molecule has 1 aliphatic carbocycles. The van der Waals surface area contributed by atoms with E-state index in [-0.39, 0.29) is 0 Å². The first kappa shape index (κ1) is 14.9. The van der Waals surface area contributed by atoms with Crippen LogP contribution in [-0.4, -0.2) is 31.3 Å². The summed E-state index contributed by atoms with van der Waals surface area (Å²) in [5.74, 6) is 0.447. The Morgan fingerprint density at radius 2 is 2.10 bits per heavy atom. The van der Waals surface area contributed by atoms with Gasteiger partial charge in [-0.2, -0.15) is 0 Å². The van der Waals surface area contributed by atoms with Gasteiger partial charge in [-0.15, -0.1) is 0 Å². The van der Waals surface area contributed by atoms with Gasteiger partial charge < -0.3 is 15.3 Å². The van der Waals surface area contributed by atoms with Gasteiger partial charge >= 0.3 is 0 Å². The first-order valence-electron chi connectivity index (χ1n) is 8.45. The Morgan fingerprint density at radius 1 is 1.24 bits per heavy atom. The summed E-state index contributed by atoms with van der Waals surface area (Å²) in [6.07, 6.45) is 7.41. The van der Waals surface area contributed by atoms with Crippen LogP contribution < -0.4 is 10.2 Å². The standard InChI is InChI=1S/C18H28N2O/c1-20-10-4-6-15-11-14(8-9-18(15)20)12-19-17-7-3-2-5-16(17)13-21/h8-9,11,16-17,19,21H,2-7,10,12-13H2,1H3. The Morgan fingerprint density at radius 3 is 2.95 bits per heavy atom. The largest absolute Gasteiger partial charge is 0.396 e. The summed E-state index contributed by atoms with van der Waals surface area (Å²) in [6, 6.07) is 7.39. The van der Waals surface area contributed by atoms with Gasteiger partial charge in [0.1, 0.15) is 0 Å². The Kier molecular flexibility index (Phi) is 4.81. The number of rotatable bonds is 4. The SMILES string of the molecule is CN1CCCc2cc(CNC3CCCCC3CO)ccc21. The van der Waals surface area contributed by atoms with Crippen molar-refractivity contribution >= 4 is 5.69 Å². The second kappa shape index (κ2) is 6.80. The van der Waals surface area contributed by atoms with Gasteiger partial charge in [0, 0.05) is 38.5 Å². The van der Waals surface area contributed by atoms with Crippen LogP contribution in [-0.2, 0) is 13.0 Å². The normalized spacial score (nSPS) is 25.7. The topological polar surface area (TPSA) is 35.5 Å². The fourth-order valence-corrected chi connectivity index (χ4v) is 3.89. The molecule has 3 rings (SSSR count). The molecule has 2 unspecified atom stereocenters. The molecule has 2 N–H and O–H groups in total. The number of anilines is 1. The Labute approximate surface area is 128 Å². The number of hydrogen-bond acceptors (Lipinski definition) is 3. The highest BCUT2D eigenvalue weighted by Gasteiger charge is 2.24. The molecule has 0 bridgehead atoms. The number of fused-ring (bicyclic) bond motifs is 1. The molecular formula is C18H28N2O. The number of aliphatic hydroxyl groups excluding tert-OH is 1. The summed E-state index contributed by atoms with van der Waals surface area (Å²) < 4.78 is 0. The number of nitrogens with one attached hydrogen (secondary N) is 1. The van der Waals surface area contributed by atoms with E-state index in [0.29, 0.717) is 18.6 Å². The van der Waals surface area contributed by atoms with Crippen LogP contribution in [0.25, 0.3) is 0 Å². The van der Waals surface area contributed by atoms with Gasteiger partial charge in [0.05, 0.1) is 0 Å². The number of aryl methyl sites for hydroxylation is 1. The molecule has 0 spiro atoms. The fourth-order valence-electron chi connectivity index (χ4n) is 3.89. The summed E-state index contributed by atoms with van der Waals surface area (Å²) >= 11 is 0. The van der Waals surface area contributed by atoms with Crippen molar-refractivity contribution in [1.82, 2.24) is 5.32 Å². The molecule has 0 radical (unpaired) electrons. The van der Waals surface area contributed by atoms with E-state index < -0.39 is 0 Å². The lowest BCUT2D eigenvalue weighted by molar-refractivity contribution is 0.152. The van der Waals surface area contributed by atoms with Crippen LogP contribution >= 0.6 is 0 Å². The average Bonchev–Trinajstić information content (AvgIpc) is 2.53. The second-order valence-electron chi connectivity index (χ2n) is 6.70. The zero-order chi connectivity index (χ0) is 14.7. The Balaban J connectivity index is 1.62. The lowest BCUT2D eigenvalue weighted by atomic mass is 9.85. The van der Waals surface area contributed by atoms with Crippen LogP contribution in [0.1, 0.15) is 43.2 Å². The summed E-state index contributed by atoms with van der Waals surface area (Å²) in [5.41, 5.74) is 4.27. The van der Waals surface area contributed by atoms with E-state index in [1.165, 1.54) is 61.9 Å². The van der Waals surface area contributed by atoms with Crippen LogP contribution in [0.2, 0.25) is 0 Å². The third kappa shape index (κ3) is 3.41. The summed E-state index contributed by atoms with van der Waals surface area (Å²) in [5, 5.41) is 13.2. The molecule has 21 heavy (non-hydrogen) atoms. The van der Waals surface area contributed by atoms with E-state index in [9.17, 15) is 5.11 Å². The van der Waals surface area contributed by atoms with Crippen molar-refractivity contribution in [3.05, 3.63) is 29.3 Å². The quantitative estimate of drug-likeness (QED) is 0.894. The third-order valence-corrected chi connectivity index (χ3v) is 5.21. The van der Waals surface area contributed by atoms with Gasteiger partial charge in [0.2, 0.25) is 0 Å². The van der Waals surface area contributed by atoms with Gasteiger partial charge in [-0.1, -0.05) is 25.0 Å². The maximum atomic E-state index is 9.50. The van der Waals surface area contributed by atoms with E-state index in [0.717, 1.165) is 6.54 Å². The van der Waals surface area contributed by atoms with Crippen molar-refractivity contribution in [2.75, 3.05) is 25.1 Å². The molecule has 2 atom stereocenters. The van der Waals surface area contributed by atoms with Crippen LogP contribution in [0, 0.1) is 5.92 Å². The summed E-state index contributed by atoms with van der Waals surface area (Å²) in [4.78, 5) is 2.36. The predicted molar refractivity (Wildman–Crippen MR) is 87.7 cm³/mol. The molecule has 1 fully saturated rings. The summed E-state index contributed by atoms with van der Waals surface area (Å²) in [6.45, 7) is 2.43. The highest BCUT2D eigenvalue weighted by atomic mass is 16.3. The number of aliphatic hydroxyl groups is 1. The maximum Gasteiger partial charge on any atom is 0.0474 e. The molecule has 1 saturated carbocycles. The predicted octanol–water partition coefficient (Wildman–Crippen LogP) is 2.71. The van der Waals surface area contributed by atoms with E-state index in [1.807, 2.05) is 0 Å². The van der Waals surface area contributed by atoms with Crippen molar-refractivity contribution in [1.29, 1.82) is 0 Å². The lowest BCUT2D eigenvalue weighted by Gasteiger charge is -2.31. The molecule has 1 aromatic rings. The van der Waals surface area contributed by atoms with Gasteiger partial charge in [0.25, 0.3) is 0 Å². The lowest BCUT2D eigenvalue weighted by Crippen LogP contribution is -2.39. The van der Waals surface area contributed by atoms with Crippen molar-refractivity contribution < 1.29 is 5.11 Å². The van der Waals surface area contributed by atoms with E-state index in [4.69, 9.17) is 0 Å². The molecular weight excluding hydrogens is 260 g/mol.